The number of halogens is 1. The number of aromatic amines is 1. The second-order valence-electron chi connectivity index (χ2n) is 5.95. The summed E-state index contributed by atoms with van der Waals surface area (Å²) in [5, 5.41) is 22.5. The number of aromatic nitrogens is 1. The van der Waals surface area contributed by atoms with Gasteiger partial charge < -0.3 is 15.5 Å². The molecule has 0 bridgehead atoms. The Morgan fingerprint density at radius 1 is 1.11 bits per heavy atom. The lowest BCUT2D eigenvalue weighted by Crippen LogP contribution is -2.25. The Hall–Kier alpha value is -2.77. The highest BCUT2D eigenvalue weighted by Crippen LogP contribution is 2.22. The summed E-state index contributed by atoms with van der Waals surface area (Å²) in [5.41, 5.74) is 2.14. The number of thiazole rings is 1. The molecule has 1 aromatic heterocycles. The number of rotatable bonds is 6. The Balaban J connectivity index is 1.54. The topological polar surface area (TPSA) is 102 Å². The molecule has 0 fully saturated rings. The first-order valence-corrected chi connectivity index (χ1v) is 9.37. The van der Waals surface area contributed by atoms with Crippen LogP contribution in [0.5, 0.6) is 11.6 Å². The normalized spacial score (nSPS) is 10.7. The van der Waals surface area contributed by atoms with E-state index in [-0.39, 0.29) is 28.0 Å². The minimum Gasteiger partial charge on any atom is -0.507 e. The number of carbonyl (C=O) groups is 1. The van der Waals surface area contributed by atoms with Crippen molar-refractivity contribution in [1.82, 2.24) is 10.3 Å². The third-order valence-corrected chi connectivity index (χ3v) is 5.10. The molecule has 27 heavy (non-hydrogen) atoms. The van der Waals surface area contributed by atoms with Gasteiger partial charge in [-0.15, -0.1) is 0 Å². The van der Waals surface area contributed by atoms with Crippen LogP contribution in [-0.2, 0) is 12.8 Å². The predicted molar refractivity (Wildman–Crippen MR) is 105 cm³/mol. The number of aromatic hydroxyl groups is 2. The van der Waals surface area contributed by atoms with E-state index in [1.54, 1.807) is 0 Å². The van der Waals surface area contributed by atoms with Gasteiger partial charge in [-0.3, -0.25) is 14.6 Å². The molecule has 6 nitrogen and oxygen atoms in total. The Kier molecular flexibility index (Phi) is 5.83. The van der Waals surface area contributed by atoms with Crippen molar-refractivity contribution in [1.29, 1.82) is 0 Å². The molecule has 0 saturated carbocycles. The van der Waals surface area contributed by atoms with Crippen LogP contribution in [-0.4, -0.2) is 27.6 Å². The van der Waals surface area contributed by atoms with E-state index in [4.69, 9.17) is 11.6 Å². The van der Waals surface area contributed by atoms with Crippen molar-refractivity contribution >= 4 is 28.8 Å². The summed E-state index contributed by atoms with van der Waals surface area (Å²) in [6, 6.07) is 12.0. The molecule has 140 valence electrons. The third kappa shape index (κ3) is 4.90. The van der Waals surface area contributed by atoms with E-state index in [1.165, 1.54) is 18.2 Å². The lowest BCUT2D eigenvalue weighted by molar-refractivity contribution is 0.0951. The van der Waals surface area contributed by atoms with Gasteiger partial charge in [0, 0.05) is 18.0 Å². The average Bonchev–Trinajstić information content (AvgIpc) is 2.95. The highest BCUT2D eigenvalue weighted by molar-refractivity contribution is 7.09. The van der Waals surface area contributed by atoms with Gasteiger partial charge in [0.1, 0.15) is 5.75 Å². The first-order chi connectivity index (χ1) is 12.9. The Morgan fingerprint density at radius 2 is 1.81 bits per heavy atom. The van der Waals surface area contributed by atoms with Crippen LogP contribution in [0.3, 0.4) is 0 Å². The molecular formula is C19H17ClN2O4S. The lowest BCUT2D eigenvalue weighted by Gasteiger charge is -2.08. The zero-order chi connectivity index (χ0) is 19.4. The number of benzene rings is 2. The van der Waals surface area contributed by atoms with Crippen molar-refractivity contribution in [2.24, 2.45) is 0 Å². The summed E-state index contributed by atoms with van der Waals surface area (Å²) in [7, 11) is 0. The highest BCUT2D eigenvalue weighted by atomic mass is 35.5. The first kappa shape index (κ1) is 19.0. The van der Waals surface area contributed by atoms with Gasteiger partial charge in [-0.05, 0) is 35.7 Å². The molecule has 0 spiro atoms. The van der Waals surface area contributed by atoms with Crippen molar-refractivity contribution in [3.05, 3.63) is 78.7 Å². The molecule has 0 radical (unpaired) electrons. The maximum Gasteiger partial charge on any atom is 0.307 e. The van der Waals surface area contributed by atoms with Crippen LogP contribution >= 0.6 is 22.9 Å². The van der Waals surface area contributed by atoms with Gasteiger partial charge in [-0.2, -0.15) is 0 Å². The number of nitrogens with one attached hydrogen (secondary N) is 2. The molecule has 1 amide bonds. The van der Waals surface area contributed by atoms with Gasteiger partial charge in [0.15, 0.2) is 0 Å². The summed E-state index contributed by atoms with van der Waals surface area (Å²) < 4.78 is 0. The van der Waals surface area contributed by atoms with E-state index >= 15 is 0 Å². The van der Waals surface area contributed by atoms with Gasteiger partial charge in [0.25, 0.3) is 5.91 Å². The van der Waals surface area contributed by atoms with Crippen LogP contribution in [0.4, 0.5) is 0 Å². The summed E-state index contributed by atoms with van der Waals surface area (Å²) >= 11 is 6.84. The average molecular weight is 405 g/mol. The monoisotopic (exact) mass is 404 g/mol. The van der Waals surface area contributed by atoms with Crippen molar-refractivity contribution in [2.45, 2.75) is 12.8 Å². The SMILES string of the molecule is O=C(NCCc1ccc(Cc2sc(=O)[nH]c2O)cc1)c1cc(Cl)ccc1O. The number of H-pyrrole nitrogens is 1. The fourth-order valence-electron chi connectivity index (χ4n) is 2.59. The molecule has 0 unspecified atom stereocenters. The molecule has 0 atom stereocenters. The van der Waals surface area contributed by atoms with E-state index in [0.717, 1.165) is 22.5 Å². The van der Waals surface area contributed by atoms with E-state index in [2.05, 4.69) is 10.3 Å². The quantitative estimate of drug-likeness (QED) is 0.507. The smallest absolute Gasteiger partial charge is 0.307 e. The van der Waals surface area contributed by atoms with Crippen LogP contribution in [0, 0.1) is 0 Å². The van der Waals surface area contributed by atoms with E-state index < -0.39 is 0 Å². The van der Waals surface area contributed by atoms with E-state index in [9.17, 15) is 19.8 Å². The summed E-state index contributed by atoms with van der Waals surface area (Å²) in [6.45, 7) is 0.407. The zero-order valence-electron chi connectivity index (χ0n) is 14.2. The van der Waals surface area contributed by atoms with Crippen molar-refractivity contribution < 1.29 is 15.0 Å². The fraction of sp³-hybridized carbons (Fsp3) is 0.158. The highest BCUT2D eigenvalue weighted by Gasteiger charge is 2.11. The predicted octanol–water partition coefficient (Wildman–Crippen LogP) is 3.06. The molecule has 0 aliphatic rings. The Bertz CT molecular complexity index is 1010. The Morgan fingerprint density at radius 3 is 2.48 bits per heavy atom. The third-order valence-electron chi connectivity index (χ3n) is 3.99. The van der Waals surface area contributed by atoms with Crippen LogP contribution < -0.4 is 10.2 Å². The molecular weight excluding hydrogens is 388 g/mol. The lowest BCUT2D eigenvalue weighted by atomic mass is 10.1. The number of carbonyl (C=O) groups excluding carboxylic acids is 1. The molecule has 2 aromatic carbocycles. The van der Waals surface area contributed by atoms with Crippen molar-refractivity contribution in [3.63, 3.8) is 0 Å². The summed E-state index contributed by atoms with van der Waals surface area (Å²) in [5.74, 6) is -0.581. The molecule has 1 heterocycles. The van der Waals surface area contributed by atoms with Gasteiger partial charge >= 0.3 is 4.87 Å². The second-order valence-corrected chi connectivity index (χ2v) is 7.45. The molecule has 3 aromatic rings. The van der Waals surface area contributed by atoms with E-state index in [0.29, 0.717) is 29.3 Å². The number of hydrogen-bond acceptors (Lipinski definition) is 5. The zero-order valence-corrected chi connectivity index (χ0v) is 15.7. The van der Waals surface area contributed by atoms with Gasteiger partial charge in [0.05, 0.1) is 10.4 Å². The van der Waals surface area contributed by atoms with Crippen LogP contribution in [0.15, 0.2) is 47.3 Å². The van der Waals surface area contributed by atoms with Gasteiger partial charge in [-0.25, -0.2) is 0 Å². The van der Waals surface area contributed by atoms with E-state index in [1.807, 2.05) is 24.3 Å². The number of phenols is 1. The van der Waals surface area contributed by atoms with Crippen molar-refractivity contribution in [2.75, 3.05) is 6.54 Å². The fourth-order valence-corrected chi connectivity index (χ4v) is 3.52. The van der Waals surface area contributed by atoms with Crippen LogP contribution in [0.2, 0.25) is 5.02 Å². The maximum atomic E-state index is 12.1. The minimum absolute atomic E-state index is 0.0824. The number of phenolic OH excluding ortho intramolecular Hbond substituents is 1. The molecule has 0 aliphatic heterocycles. The number of hydrogen-bond donors (Lipinski definition) is 4. The standard InChI is InChI=1S/C19H17ClN2O4S/c20-13-5-6-15(23)14(10-13)17(24)21-8-7-11-1-3-12(4-2-11)9-16-18(25)22-19(26)27-16/h1-6,10,23,25H,7-9H2,(H,21,24)(H,22,26). The second kappa shape index (κ2) is 8.28. The largest absolute Gasteiger partial charge is 0.507 e. The minimum atomic E-state index is -0.385. The van der Waals surface area contributed by atoms with Crippen LogP contribution in [0.1, 0.15) is 26.4 Å². The number of amides is 1. The van der Waals surface area contributed by atoms with Crippen LogP contribution in [0.25, 0.3) is 0 Å². The molecule has 0 aliphatic carbocycles. The molecule has 4 N–H and O–H groups in total. The van der Waals surface area contributed by atoms with Crippen molar-refractivity contribution in [3.8, 4) is 11.6 Å². The summed E-state index contributed by atoms with van der Waals surface area (Å²) in [4.78, 5) is 26.0. The maximum absolute atomic E-state index is 12.1. The first-order valence-electron chi connectivity index (χ1n) is 8.18. The molecule has 8 heteroatoms. The molecule has 0 saturated heterocycles. The van der Waals surface area contributed by atoms with Gasteiger partial charge in [-0.1, -0.05) is 47.2 Å². The summed E-state index contributed by atoms with van der Waals surface area (Å²) in [6.07, 6.45) is 1.09. The Labute approximate surface area is 164 Å². The molecule has 3 rings (SSSR count). The van der Waals surface area contributed by atoms with Gasteiger partial charge in [0.2, 0.25) is 5.88 Å².